The van der Waals surface area contributed by atoms with E-state index < -0.39 is 12.0 Å². The SMILES string of the molecule is O=C(O)C1CC2CCCCC2N1C(=O)CCc1nnc(-c2ccsc2)o1. The molecule has 7 nitrogen and oxygen atoms in total. The third kappa shape index (κ3) is 3.25. The van der Waals surface area contributed by atoms with Crippen molar-refractivity contribution in [3.63, 3.8) is 0 Å². The molecule has 1 aliphatic carbocycles. The van der Waals surface area contributed by atoms with Crippen molar-refractivity contribution in [1.29, 1.82) is 0 Å². The normalized spacial score (nSPS) is 25.2. The van der Waals surface area contributed by atoms with E-state index in [9.17, 15) is 14.7 Å². The molecule has 138 valence electrons. The van der Waals surface area contributed by atoms with Crippen LogP contribution in [0, 0.1) is 5.92 Å². The number of carbonyl (C=O) groups is 2. The van der Waals surface area contributed by atoms with E-state index in [4.69, 9.17) is 4.42 Å². The number of aromatic nitrogens is 2. The molecule has 0 aromatic carbocycles. The van der Waals surface area contributed by atoms with E-state index in [0.717, 1.165) is 31.2 Å². The quantitative estimate of drug-likeness (QED) is 0.863. The fraction of sp³-hybridized carbons (Fsp3) is 0.556. The van der Waals surface area contributed by atoms with Gasteiger partial charge in [0.25, 0.3) is 0 Å². The van der Waals surface area contributed by atoms with Gasteiger partial charge >= 0.3 is 5.97 Å². The molecule has 1 amide bonds. The lowest BCUT2D eigenvalue weighted by atomic mass is 9.84. The fourth-order valence-electron chi connectivity index (χ4n) is 4.24. The largest absolute Gasteiger partial charge is 0.480 e. The van der Waals surface area contributed by atoms with Gasteiger partial charge in [-0.1, -0.05) is 12.8 Å². The van der Waals surface area contributed by atoms with Gasteiger partial charge in [0.2, 0.25) is 17.7 Å². The number of thiophene rings is 1. The van der Waals surface area contributed by atoms with Gasteiger partial charge in [-0.25, -0.2) is 4.79 Å². The van der Waals surface area contributed by atoms with Crippen molar-refractivity contribution < 1.29 is 19.1 Å². The summed E-state index contributed by atoms with van der Waals surface area (Å²) in [5.41, 5.74) is 0.871. The number of aryl methyl sites for hydroxylation is 1. The molecule has 2 aromatic heterocycles. The third-order valence-corrected chi connectivity index (χ3v) is 6.13. The zero-order valence-corrected chi connectivity index (χ0v) is 15.2. The topological polar surface area (TPSA) is 96.5 Å². The Bertz CT molecular complexity index is 788. The van der Waals surface area contributed by atoms with Crippen LogP contribution >= 0.6 is 11.3 Å². The number of likely N-dealkylation sites (tertiary alicyclic amines) is 1. The van der Waals surface area contributed by atoms with Crippen LogP contribution in [0.4, 0.5) is 0 Å². The monoisotopic (exact) mass is 375 g/mol. The van der Waals surface area contributed by atoms with E-state index in [1.807, 2.05) is 16.8 Å². The molecule has 3 atom stereocenters. The first-order valence-corrected chi connectivity index (χ1v) is 9.96. The van der Waals surface area contributed by atoms with Crippen molar-refractivity contribution in [2.24, 2.45) is 5.92 Å². The van der Waals surface area contributed by atoms with Crippen LogP contribution < -0.4 is 0 Å². The first kappa shape index (κ1) is 17.2. The van der Waals surface area contributed by atoms with E-state index in [2.05, 4.69) is 10.2 Å². The molecule has 26 heavy (non-hydrogen) atoms. The summed E-state index contributed by atoms with van der Waals surface area (Å²) in [4.78, 5) is 26.1. The zero-order chi connectivity index (χ0) is 18.1. The molecule has 0 radical (unpaired) electrons. The molecular formula is C18H21N3O4S. The van der Waals surface area contributed by atoms with Crippen molar-refractivity contribution in [2.75, 3.05) is 0 Å². The van der Waals surface area contributed by atoms with E-state index in [0.29, 0.717) is 30.5 Å². The second kappa shape index (κ2) is 7.19. The Morgan fingerprint density at radius 3 is 2.92 bits per heavy atom. The number of carbonyl (C=O) groups excluding carboxylic acids is 1. The molecule has 4 rings (SSSR count). The lowest BCUT2D eigenvalue weighted by Gasteiger charge is -2.33. The van der Waals surface area contributed by atoms with Crippen LogP contribution in [-0.2, 0) is 16.0 Å². The number of rotatable bonds is 5. The summed E-state index contributed by atoms with van der Waals surface area (Å²) in [7, 11) is 0. The Morgan fingerprint density at radius 1 is 1.31 bits per heavy atom. The van der Waals surface area contributed by atoms with Gasteiger partial charge in [-0.2, -0.15) is 11.3 Å². The highest BCUT2D eigenvalue weighted by Gasteiger charge is 2.47. The van der Waals surface area contributed by atoms with Crippen molar-refractivity contribution in [1.82, 2.24) is 15.1 Å². The summed E-state index contributed by atoms with van der Waals surface area (Å²) in [5.74, 6) is 0.159. The standard InChI is InChI=1S/C18H21N3O4S/c22-16(6-5-15-19-20-17(25-15)12-7-8-26-10-12)21-13-4-2-1-3-11(13)9-14(21)18(23)24/h7-8,10-11,13-14H,1-6,9H2,(H,23,24). The highest BCUT2D eigenvalue weighted by atomic mass is 32.1. The number of carboxylic acid groups (broad SMARTS) is 1. The highest BCUT2D eigenvalue weighted by Crippen LogP contribution is 2.40. The summed E-state index contributed by atoms with van der Waals surface area (Å²) in [6, 6.07) is 1.28. The van der Waals surface area contributed by atoms with Gasteiger partial charge in [0.1, 0.15) is 6.04 Å². The molecule has 3 heterocycles. The van der Waals surface area contributed by atoms with E-state index >= 15 is 0 Å². The lowest BCUT2D eigenvalue weighted by molar-refractivity contribution is -0.149. The second-order valence-corrected chi connectivity index (χ2v) is 7.80. The van der Waals surface area contributed by atoms with Gasteiger partial charge in [-0.15, -0.1) is 10.2 Å². The molecule has 8 heteroatoms. The smallest absolute Gasteiger partial charge is 0.326 e. The molecule has 2 fully saturated rings. The average Bonchev–Trinajstić information content (AvgIpc) is 3.37. The van der Waals surface area contributed by atoms with Gasteiger partial charge in [0.15, 0.2) is 0 Å². The maximum Gasteiger partial charge on any atom is 0.326 e. The van der Waals surface area contributed by atoms with E-state index in [1.54, 1.807) is 16.2 Å². The van der Waals surface area contributed by atoms with Gasteiger partial charge in [-0.3, -0.25) is 4.79 Å². The molecule has 2 aliphatic rings. The van der Waals surface area contributed by atoms with Crippen LogP contribution in [-0.4, -0.2) is 44.2 Å². The summed E-state index contributed by atoms with van der Waals surface area (Å²) in [6.07, 6.45) is 5.21. The molecule has 3 unspecified atom stereocenters. The maximum atomic E-state index is 12.8. The van der Waals surface area contributed by atoms with Gasteiger partial charge in [0, 0.05) is 29.8 Å². The minimum atomic E-state index is -0.898. The average molecular weight is 375 g/mol. The zero-order valence-electron chi connectivity index (χ0n) is 14.3. The van der Waals surface area contributed by atoms with Crippen molar-refractivity contribution in [3.8, 4) is 11.5 Å². The van der Waals surface area contributed by atoms with Crippen molar-refractivity contribution >= 4 is 23.2 Å². The van der Waals surface area contributed by atoms with Crippen LogP contribution in [0.15, 0.2) is 21.2 Å². The molecular weight excluding hydrogens is 354 g/mol. The van der Waals surface area contributed by atoms with Crippen LogP contribution in [0.5, 0.6) is 0 Å². The predicted molar refractivity (Wildman–Crippen MR) is 94.6 cm³/mol. The molecule has 1 saturated heterocycles. The number of nitrogens with zero attached hydrogens (tertiary/aromatic N) is 3. The summed E-state index contributed by atoms with van der Waals surface area (Å²) >= 11 is 1.55. The Kier molecular flexibility index (Phi) is 4.76. The lowest BCUT2D eigenvalue weighted by Crippen LogP contribution is -2.46. The first-order valence-electron chi connectivity index (χ1n) is 9.02. The Morgan fingerprint density at radius 2 is 2.15 bits per heavy atom. The van der Waals surface area contributed by atoms with Crippen molar-refractivity contribution in [2.45, 2.75) is 57.0 Å². The Hall–Kier alpha value is -2.22. The number of carboxylic acids is 1. The van der Waals surface area contributed by atoms with Gasteiger partial charge in [0.05, 0.1) is 0 Å². The third-order valence-electron chi connectivity index (χ3n) is 5.45. The Labute approximate surface area is 155 Å². The molecule has 2 aromatic rings. The molecule has 1 N–H and O–H groups in total. The summed E-state index contributed by atoms with van der Waals surface area (Å²) in [5, 5.41) is 21.4. The summed E-state index contributed by atoms with van der Waals surface area (Å²) < 4.78 is 5.62. The minimum Gasteiger partial charge on any atom is -0.480 e. The van der Waals surface area contributed by atoms with Crippen LogP contribution in [0.25, 0.3) is 11.5 Å². The number of hydrogen-bond donors (Lipinski definition) is 1. The van der Waals surface area contributed by atoms with Gasteiger partial charge in [-0.05, 0) is 36.6 Å². The Balaban J connectivity index is 1.42. The first-order chi connectivity index (χ1) is 12.6. The number of fused-ring (bicyclic) bond motifs is 1. The molecule has 1 saturated carbocycles. The maximum absolute atomic E-state index is 12.8. The number of aliphatic carboxylic acids is 1. The van der Waals surface area contributed by atoms with Crippen LogP contribution in [0.2, 0.25) is 0 Å². The number of hydrogen-bond acceptors (Lipinski definition) is 6. The molecule has 1 aliphatic heterocycles. The highest BCUT2D eigenvalue weighted by molar-refractivity contribution is 7.08. The van der Waals surface area contributed by atoms with Crippen LogP contribution in [0.3, 0.4) is 0 Å². The number of amides is 1. The van der Waals surface area contributed by atoms with E-state index in [1.165, 1.54) is 0 Å². The summed E-state index contributed by atoms with van der Waals surface area (Å²) in [6.45, 7) is 0. The van der Waals surface area contributed by atoms with Gasteiger partial charge < -0.3 is 14.4 Å². The molecule has 0 spiro atoms. The minimum absolute atomic E-state index is 0.0707. The molecule has 0 bridgehead atoms. The van der Waals surface area contributed by atoms with E-state index in [-0.39, 0.29) is 18.4 Å². The van der Waals surface area contributed by atoms with Crippen molar-refractivity contribution in [3.05, 3.63) is 22.7 Å². The fourth-order valence-corrected chi connectivity index (χ4v) is 4.87. The van der Waals surface area contributed by atoms with Crippen LogP contribution in [0.1, 0.15) is 44.4 Å². The predicted octanol–water partition coefficient (Wildman–Crippen LogP) is 2.98. The second-order valence-electron chi connectivity index (χ2n) is 7.02.